The first-order valence-electron chi connectivity index (χ1n) is 9.08. The van der Waals surface area contributed by atoms with E-state index in [-0.39, 0.29) is 11.3 Å². The maximum atomic E-state index is 12.2. The van der Waals surface area contributed by atoms with Gasteiger partial charge in [0.1, 0.15) is 0 Å². The molecule has 9 heteroatoms. The van der Waals surface area contributed by atoms with E-state index in [1.165, 1.54) is 12.1 Å². The number of para-hydroxylation sites is 1. The van der Waals surface area contributed by atoms with Gasteiger partial charge in [-0.3, -0.25) is 14.9 Å². The van der Waals surface area contributed by atoms with Crippen LogP contribution in [-0.4, -0.2) is 50.6 Å². The molecule has 0 saturated carbocycles. The molecule has 0 fully saturated rings. The van der Waals surface area contributed by atoms with E-state index < -0.39 is 23.4 Å². The summed E-state index contributed by atoms with van der Waals surface area (Å²) in [6.45, 7) is 0.731. The van der Waals surface area contributed by atoms with Crippen LogP contribution in [0.5, 0.6) is 0 Å². The topological polar surface area (TPSA) is 114 Å². The molecule has 2 rings (SSSR count). The van der Waals surface area contributed by atoms with Crippen LogP contribution < -0.4 is 15.5 Å². The van der Waals surface area contributed by atoms with Gasteiger partial charge < -0.3 is 20.3 Å². The zero-order chi connectivity index (χ0) is 21.2. The molecule has 0 aliphatic heterocycles. The number of non-ortho nitro benzene ring substituents is 1. The highest BCUT2D eigenvalue weighted by Crippen LogP contribution is 2.22. The summed E-state index contributed by atoms with van der Waals surface area (Å²) in [5.41, 5.74) is 1.23. The molecule has 0 heterocycles. The molecular weight excluding hydrogens is 376 g/mol. The van der Waals surface area contributed by atoms with E-state index in [9.17, 15) is 19.7 Å². The van der Waals surface area contributed by atoms with Crippen molar-refractivity contribution in [3.8, 4) is 0 Å². The van der Waals surface area contributed by atoms with Gasteiger partial charge >= 0.3 is 5.97 Å². The zero-order valence-corrected chi connectivity index (χ0v) is 16.4. The van der Waals surface area contributed by atoms with Crippen LogP contribution in [0.4, 0.5) is 17.1 Å². The predicted molar refractivity (Wildman–Crippen MR) is 110 cm³/mol. The Hall–Kier alpha value is -3.62. The fraction of sp³-hybridized carbons (Fsp3) is 0.300. The molecule has 0 radical (unpaired) electrons. The second-order valence-electron chi connectivity index (χ2n) is 6.27. The number of amides is 1. The summed E-state index contributed by atoms with van der Waals surface area (Å²) in [6.07, 6.45) is 0.722. The van der Waals surface area contributed by atoms with Crippen LogP contribution in [-0.2, 0) is 9.53 Å². The summed E-state index contributed by atoms with van der Waals surface area (Å²) in [4.78, 5) is 36.5. The van der Waals surface area contributed by atoms with Crippen molar-refractivity contribution in [3.05, 3.63) is 64.2 Å². The van der Waals surface area contributed by atoms with E-state index in [0.717, 1.165) is 24.7 Å². The molecule has 29 heavy (non-hydrogen) atoms. The van der Waals surface area contributed by atoms with Gasteiger partial charge in [0.15, 0.2) is 6.61 Å². The molecule has 2 aromatic carbocycles. The normalized spacial score (nSPS) is 10.1. The van der Waals surface area contributed by atoms with Gasteiger partial charge in [0.25, 0.3) is 11.6 Å². The third-order valence-corrected chi connectivity index (χ3v) is 4.23. The van der Waals surface area contributed by atoms with Gasteiger partial charge in [0.05, 0.1) is 10.5 Å². The fourth-order valence-electron chi connectivity index (χ4n) is 2.65. The van der Waals surface area contributed by atoms with Gasteiger partial charge in [0, 0.05) is 50.7 Å². The number of benzene rings is 2. The molecule has 0 atom stereocenters. The highest BCUT2D eigenvalue weighted by molar-refractivity contribution is 5.97. The number of ether oxygens (including phenoxy) is 1. The first-order chi connectivity index (χ1) is 13.9. The van der Waals surface area contributed by atoms with Crippen molar-refractivity contribution in [2.45, 2.75) is 6.42 Å². The standard InChI is InChI=1S/C20H24N4O5/c1-21-18-10-9-16(24(27)28)13-17(18)20(26)29-14-19(25)22-11-6-12-23(2)15-7-4-3-5-8-15/h3-5,7-10,13,21H,6,11-12,14H2,1-2H3,(H,22,25). The number of nitro benzene ring substituents is 1. The van der Waals surface area contributed by atoms with E-state index in [1.807, 2.05) is 37.4 Å². The number of hydrogen-bond donors (Lipinski definition) is 2. The van der Waals surface area contributed by atoms with Gasteiger partial charge in [-0.25, -0.2) is 4.79 Å². The average Bonchev–Trinajstić information content (AvgIpc) is 2.74. The third kappa shape index (κ3) is 6.49. The molecule has 154 valence electrons. The molecule has 0 unspecified atom stereocenters. The number of nitrogens with zero attached hydrogens (tertiary/aromatic N) is 2. The molecule has 2 N–H and O–H groups in total. The van der Waals surface area contributed by atoms with Crippen LogP contribution in [0, 0.1) is 10.1 Å². The second kappa shape index (κ2) is 10.6. The Morgan fingerprint density at radius 1 is 1.17 bits per heavy atom. The lowest BCUT2D eigenvalue weighted by Gasteiger charge is -2.19. The average molecular weight is 400 g/mol. The molecule has 0 spiro atoms. The summed E-state index contributed by atoms with van der Waals surface area (Å²) in [5.74, 6) is -1.24. The van der Waals surface area contributed by atoms with Gasteiger partial charge in [-0.05, 0) is 24.6 Å². The minimum absolute atomic E-state index is 0.000939. The first kappa shape index (κ1) is 21.7. The minimum Gasteiger partial charge on any atom is -0.452 e. The molecule has 0 aliphatic rings. The molecule has 0 bridgehead atoms. The lowest BCUT2D eigenvalue weighted by atomic mass is 10.1. The maximum absolute atomic E-state index is 12.2. The highest BCUT2D eigenvalue weighted by Gasteiger charge is 2.18. The summed E-state index contributed by atoms with van der Waals surface area (Å²) in [5, 5.41) is 16.3. The molecule has 9 nitrogen and oxygen atoms in total. The number of nitro groups is 1. The van der Waals surface area contributed by atoms with Gasteiger partial charge in [0.2, 0.25) is 0 Å². The van der Waals surface area contributed by atoms with Crippen LogP contribution in [0.2, 0.25) is 0 Å². The number of nitrogens with one attached hydrogen (secondary N) is 2. The van der Waals surface area contributed by atoms with E-state index in [2.05, 4.69) is 15.5 Å². The van der Waals surface area contributed by atoms with Crippen molar-refractivity contribution in [2.24, 2.45) is 0 Å². The third-order valence-electron chi connectivity index (χ3n) is 4.23. The smallest absolute Gasteiger partial charge is 0.341 e. The Kier molecular flexibility index (Phi) is 7.96. The Morgan fingerprint density at radius 3 is 2.55 bits per heavy atom. The van der Waals surface area contributed by atoms with Crippen molar-refractivity contribution in [1.29, 1.82) is 0 Å². The predicted octanol–water partition coefficient (Wildman–Crippen LogP) is 2.44. The first-order valence-corrected chi connectivity index (χ1v) is 9.08. The number of anilines is 2. The lowest BCUT2D eigenvalue weighted by molar-refractivity contribution is -0.384. The van der Waals surface area contributed by atoms with E-state index in [1.54, 1.807) is 7.05 Å². The Morgan fingerprint density at radius 2 is 1.90 bits per heavy atom. The Balaban J connectivity index is 1.77. The summed E-state index contributed by atoms with van der Waals surface area (Å²) in [7, 11) is 3.55. The SMILES string of the molecule is CNc1ccc([N+](=O)[O-])cc1C(=O)OCC(=O)NCCCN(C)c1ccccc1. The fourth-order valence-corrected chi connectivity index (χ4v) is 2.65. The summed E-state index contributed by atoms with van der Waals surface area (Å²) < 4.78 is 4.99. The van der Waals surface area contributed by atoms with Crippen LogP contribution in [0.15, 0.2) is 48.5 Å². The molecule has 0 aliphatic carbocycles. The lowest BCUT2D eigenvalue weighted by Crippen LogP contribution is -2.31. The monoisotopic (exact) mass is 400 g/mol. The summed E-state index contributed by atoms with van der Waals surface area (Å²) in [6, 6.07) is 13.7. The van der Waals surface area contributed by atoms with Crippen LogP contribution >= 0.6 is 0 Å². The number of esters is 1. The highest BCUT2D eigenvalue weighted by atomic mass is 16.6. The zero-order valence-electron chi connectivity index (χ0n) is 16.4. The Labute approximate surface area is 168 Å². The molecule has 0 aromatic heterocycles. The van der Waals surface area contributed by atoms with Crippen molar-refractivity contribution >= 4 is 28.9 Å². The van der Waals surface area contributed by atoms with E-state index in [4.69, 9.17) is 4.74 Å². The number of carbonyl (C=O) groups is 2. The van der Waals surface area contributed by atoms with Crippen molar-refractivity contribution in [2.75, 3.05) is 44.0 Å². The van der Waals surface area contributed by atoms with Crippen molar-refractivity contribution < 1.29 is 19.2 Å². The molecule has 0 saturated heterocycles. The van der Waals surface area contributed by atoms with Crippen molar-refractivity contribution in [1.82, 2.24) is 5.32 Å². The number of rotatable bonds is 10. The summed E-state index contributed by atoms with van der Waals surface area (Å²) >= 11 is 0. The minimum atomic E-state index is -0.808. The van der Waals surface area contributed by atoms with Crippen LogP contribution in [0.3, 0.4) is 0 Å². The van der Waals surface area contributed by atoms with Crippen LogP contribution in [0.1, 0.15) is 16.8 Å². The number of carbonyl (C=O) groups excluding carboxylic acids is 2. The van der Waals surface area contributed by atoms with Gasteiger partial charge in [-0.2, -0.15) is 0 Å². The quantitative estimate of drug-likeness (QED) is 0.272. The van der Waals surface area contributed by atoms with Crippen molar-refractivity contribution in [3.63, 3.8) is 0 Å². The Bertz CT molecular complexity index is 857. The van der Waals surface area contributed by atoms with E-state index >= 15 is 0 Å². The van der Waals surface area contributed by atoms with Gasteiger partial charge in [-0.15, -0.1) is 0 Å². The van der Waals surface area contributed by atoms with E-state index in [0.29, 0.717) is 12.2 Å². The maximum Gasteiger partial charge on any atom is 0.341 e. The second-order valence-corrected chi connectivity index (χ2v) is 6.27. The van der Waals surface area contributed by atoms with Crippen LogP contribution in [0.25, 0.3) is 0 Å². The molecular formula is C20H24N4O5. The van der Waals surface area contributed by atoms with Gasteiger partial charge in [-0.1, -0.05) is 18.2 Å². The molecule has 1 amide bonds. The largest absolute Gasteiger partial charge is 0.452 e. The number of hydrogen-bond acceptors (Lipinski definition) is 7. The molecule has 2 aromatic rings.